The van der Waals surface area contributed by atoms with E-state index in [1.54, 1.807) is 0 Å². The van der Waals surface area contributed by atoms with E-state index in [1.807, 2.05) is 0 Å². The highest BCUT2D eigenvalue weighted by Gasteiger charge is 2.50. The van der Waals surface area contributed by atoms with Gasteiger partial charge in [-0.05, 0) is 35.4 Å². The minimum atomic E-state index is -4.98. The van der Waals surface area contributed by atoms with Gasteiger partial charge in [0.15, 0.2) is 0 Å². The normalized spacial score (nSPS) is 14.3. The van der Waals surface area contributed by atoms with Crippen molar-refractivity contribution in [3.63, 3.8) is 0 Å². The van der Waals surface area contributed by atoms with Crippen molar-refractivity contribution in [1.29, 1.82) is 0 Å². The van der Waals surface area contributed by atoms with Gasteiger partial charge >= 0.3 is 6.18 Å². The topological polar surface area (TPSA) is 55.5 Å². The first-order valence-electron chi connectivity index (χ1n) is 6.81. The zero-order valence-electron chi connectivity index (χ0n) is 12.3. The molecule has 0 saturated heterocycles. The van der Waals surface area contributed by atoms with Gasteiger partial charge in [0.2, 0.25) is 5.72 Å². The van der Waals surface area contributed by atoms with Crippen LogP contribution in [0.3, 0.4) is 0 Å². The molecule has 0 aliphatic carbocycles. The zero-order valence-corrected chi connectivity index (χ0v) is 12.3. The number of halogens is 5. The first kappa shape index (κ1) is 18.2. The van der Waals surface area contributed by atoms with Gasteiger partial charge < -0.3 is 9.84 Å². The summed E-state index contributed by atoms with van der Waals surface area (Å²) in [6.07, 6.45) is -5.84. The first-order valence-corrected chi connectivity index (χ1v) is 6.81. The highest BCUT2D eigenvalue weighted by Crippen LogP contribution is 2.30. The average Bonchev–Trinajstić information content (AvgIpc) is 2.43. The van der Waals surface area contributed by atoms with Gasteiger partial charge in [0.1, 0.15) is 24.0 Å². The zero-order chi connectivity index (χ0) is 18.0. The van der Waals surface area contributed by atoms with E-state index < -0.39 is 30.0 Å². The van der Waals surface area contributed by atoms with E-state index in [1.165, 1.54) is 24.3 Å². The maximum atomic E-state index is 13.1. The number of benzene rings is 2. The van der Waals surface area contributed by atoms with Gasteiger partial charge in [-0.2, -0.15) is 13.2 Å². The lowest BCUT2D eigenvalue weighted by Gasteiger charge is -2.26. The van der Waals surface area contributed by atoms with E-state index in [0.29, 0.717) is 6.07 Å². The average molecular weight is 347 g/mol. The Kier molecular flexibility index (Phi) is 5.10. The molecule has 0 radical (unpaired) electrons. The lowest BCUT2D eigenvalue weighted by molar-refractivity contribution is -0.257. The molecule has 2 aromatic carbocycles. The molecule has 0 aliphatic rings. The summed E-state index contributed by atoms with van der Waals surface area (Å²) in [7, 11) is 0. The summed E-state index contributed by atoms with van der Waals surface area (Å²) in [6, 6.07) is 8.36. The largest absolute Gasteiger partial charge is 0.489 e. The fourth-order valence-corrected chi connectivity index (χ4v) is 2.02. The molecule has 0 spiro atoms. The fourth-order valence-electron chi connectivity index (χ4n) is 2.02. The van der Waals surface area contributed by atoms with E-state index in [0.717, 1.165) is 12.1 Å². The molecule has 3 N–H and O–H groups in total. The summed E-state index contributed by atoms with van der Waals surface area (Å²) in [5, 5.41) is 9.29. The van der Waals surface area contributed by atoms with Gasteiger partial charge in [0.25, 0.3) is 0 Å². The molecular formula is C16H14F5NO2. The number of ether oxygens (including phenoxy) is 1. The molecule has 0 aromatic heterocycles. The van der Waals surface area contributed by atoms with Gasteiger partial charge in [0.05, 0.1) is 0 Å². The van der Waals surface area contributed by atoms with Crippen LogP contribution in [0, 0.1) is 11.6 Å². The Morgan fingerprint density at radius 1 is 0.958 bits per heavy atom. The van der Waals surface area contributed by atoms with Gasteiger partial charge in [-0.3, -0.25) is 5.73 Å². The van der Waals surface area contributed by atoms with Crippen molar-refractivity contribution < 1.29 is 31.8 Å². The van der Waals surface area contributed by atoms with Crippen molar-refractivity contribution in [1.82, 2.24) is 0 Å². The third-order valence-corrected chi connectivity index (χ3v) is 3.19. The Bertz CT molecular complexity index is 696. The molecule has 1 unspecified atom stereocenters. The molecule has 8 heteroatoms. The van der Waals surface area contributed by atoms with Crippen LogP contribution in [0.4, 0.5) is 22.0 Å². The standard InChI is InChI=1S/C16H14F5NO2/c17-12-4-11(5-13(18)7-12)9-24-14-3-1-2-10(6-14)8-15(22,23)16(19,20)21/h1-7,23H,8-9,22H2. The summed E-state index contributed by atoms with van der Waals surface area (Å²) in [4.78, 5) is 0. The molecule has 3 nitrogen and oxygen atoms in total. The van der Waals surface area contributed by atoms with E-state index in [4.69, 9.17) is 10.5 Å². The smallest absolute Gasteiger partial charge is 0.431 e. The fraction of sp³-hybridized carbons (Fsp3) is 0.250. The molecule has 130 valence electrons. The second kappa shape index (κ2) is 6.74. The summed E-state index contributed by atoms with van der Waals surface area (Å²) in [5.41, 5.74) is 1.84. The van der Waals surface area contributed by atoms with Crippen LogP contribution < -0.4 is 10.5 Å². The number of alkyl halides is 3. The molecule has 2 aromatic rings. The minimum Gasteiger partial charge on any atom is -0.489 e. The van der Waals surface area contributed by atoms with Crippen molar-refractivity contribution >= 4 is 0 Å². The number of rotatable bonds is 5. The van der Waals surface area contributed by atoms with E-state index in [-0.39, 0.29) is 23.5 Å². The lowest BCUT2D eigenvalue weighted by atomic mass is 10.0. The Hall–Kier alpha value is -2.19. The molecule has 1 atom stereocenters. The third kappa shape index (κ3) is 4.65. The van der Waals surface area contributed by atoms with Crippen molar-refractivity contribution in [2.45, 2.75) is 24.9 Å². The maximum Gasteiger partial charge on any atom is 0.431 e. The van der Waals surface area contributed by atoms with Crippen LogP contribution in [-0.2, 0) is 13.0 Å². The second-order valence-electron chi connectivity index (χ2n) is 5.31. The highest BCUT2D eigenvalue weighted by molar-refractivity contribution is 5.30. The summed E-state index contributed by atoms with van der Waals surface area (Å²) < 4.78 is 69.2. The Labute approximate surface area is 134 Å². The maximum absolute atomic E-state index is 13.1. The minimum absolute atomic E-state index is 0.0975. The van der Waals surface area contributed by atoms with E-state index in [2.05, 4.69) is 0 Å². The van der Waals surface area contributed by atoms with Crippen LogP contribution in [0.1, 0.15) is 11.1 Å². The lowest BCUT2D eigenvalue weighted by Crippen LogP contribution is -2.55. The van der Waals surface area contributed by atoms with Crippen LogP contribution >= 0.6 is 0 Å². The van der Waals surface area contributed by atoms with E-state index in [9.17, 15) is 27.1 Å². The number of aliphatic hydroxyl groups is 1. The van der Waals surface area contributed by atoms with Crippen LogP contribution in [0.25, 0.3) is 0 Å². The summed E-state index contributed by atoms with van der Waals surface area (Å²) in [5.74, 6) is -1.35. The molecule has 0 amide bonds. The predicted molar refractivity (Wildman–Crippen MR) is 76.0 cm³/mol. The highest BCUT2D eigenvalue weighted by atomic mass is 19.4. The van der Waals surface area contributed by atoms with Gasteiger partial charge in [0, 0.05) is 12.5 Å². The predicted octanol–water partition coefficient (Wildman–Crippen LogP) is 3.30. The number of hydrogen-bond acceptors (Lipinski definition) is 3. The van der Waals surface area contributed by atoms with Crippen LogP contribution in [0.15, 0.2) is 42.5 Å². The molecule has 0 fully saturated rings. The second-order valence-corrected chi connectivity index (χ2v) is 5.31. The van der Waals surface area contributed by atoms with Crippen LogP contribution in [0.2, 0.25) is 0 Å². The Morgan fingerprint density at radius 2 is 1.58 bits per heavy atom. The number of hydrogen-bond donors (Lipinski definition) is 2. The van der Waals surface area contributed by atoms with Crippen molar-refractivity contribution in [2.24, 2.45) is 5.73 Å². The molecule has 0 aliphatic heterocycles. The molecular weight excluding hydrogens is 333 g/mol. The first-order chi connectivity index (χ1) is 11.1. The SMILES string of the molecule is NC(O)(Cc1cccc(OCc2cc(F)cc(F)c2)c1)C(F)(F)F. The molecule has 0 heterocycles. The molecule has 0 bridgehead atoms. The summed E-state index contributed by atoms with van der Waals surface area (Å²) >= 11 is 0. The van der Waals surface area contributed by atoms with Gasteiger partial charge in [-0.15, -0.1) is 0 Å². The van der Waals surface area contributed by atoms with Crippen molar-refractivity contribution in [3.05, 3.63) is 65.2 Å². The number of nitrogens with two attached hydrogens (primary N) is 1. The molecule has 2 rings (SSSR count). The Balaban J connectivity index is 2.08. The van der Waals surface area contributed by atoms with Crippen LogP contribution in [0.5, 0.6) is 5.75 Å². The summed E-state index contributed by atoms with van der Waals surface area (Å²) in [6.45, 7) is -0.176. The van der Waals surface area contributed by atoms with Gasteiger partial charge in [-0.1, -0.05) is 12.1 Å². The monoisotopic (exact) mass is 347 g/mol. The third-order valence-electron chi connectivity index (χ3n) is 3.19. The quantitative estimate of drug-likeness (QED) is 0.645. The molecule has 24 heavy (non-hydrogen) atoms. The van der Waals surface area contributed by atoms with Crippen LogP contribution in [-0.4, -0.2) is 17.0 Å². The van der Waals surface area contributed by atoms with Crippen molar-refractivity contribution in [3.8, 4) is 5.75 Å². The van der Waals surface area contributed by atoms with Gasteiger partial charge in [-0.25, -0.2) is 8.78 Å². The Morgan fingerprint density at radius 3 is 2.17 bits per heavy atom. The molecule has 0 saturated carbocycles. The van der Waals surface area contributed by atoms with E-state index >= 15 is 0 Å². The van der Waals surface area contributed by atoms with Crippen molar-refractivity contribution in [2.75, 3.05) is 0 Å².